The van der Waals surface area contributed by atoms with Gasteiger partial charge in [-0.05, 0) is 30.2 Å². The first-order chi connectivity index (χ1) is 7.54. The van der Waals surface area contributed by atoms with Gasteiger partial charge in [0.2, 0.25) is 5.91 Å². The molecule has 16 heavy (non-hydrogen) atoms. The predicted molar refractivity (Wildman–Crippen MR) is 69.0 cm³/mol. The van der Waals surface area contributed by atoms with Crippen molar-refractivity contribution in [1.82, 2.24) is 4.90 Å². The predicted octanol–water partition coefficient (Wildman–Crippen LogP) is 2.06. The lowest BCUT2D eigenvalue weighted by Crippen LogP contribution is -2.28. The van der Waals surface area contributed by atoms with Crippen LogP contribution in [0.5, 0.6) is 0 Å². The minimum Gasteiger partial charge on any atom is -0.341 e. The van der Waals surface area contributed by atoms with Gasteiger partial charge >= 0.3 is 0 Å². The summed E-state index contributed by atoms with van der Waals surface area (Å²) < 4.78 is 1.03. The first kappa shape index (κ1) is 13.2. The van der Waals surface area contributed by atoms with Crippen LogP contribution >= 0.6 is 15.9 Å². The lowest BCUT2D eigenvalue weighted by Gasteiger charge is -2.18. The number of nitrogens with two attached hydrogens (primary N) is 1. The normalized spacial score (nSPS) is 10.2. The molecule has 1 aromatic carbocycles. The van der Waals surface area contributed by atoms with Crippen LogP contribution in [0.3, 0.4) is 0 Å². The molecule has 0 aliphatic carbocycles. The second kappa shape index (κ2) is 6.01. The van der Waals surface area contributed by atoms with Gasteiger partial charge in [0.1, 0.15) is 0 Å². The van der Waals surface area contributed by atoms with Crippen molar-refractivity contribution in [2.75, 3.05) is 13.6 Å². The van der Waals surface area contributed by atoms with Crippen LogP contribution in [0.2, 0.25) is 0 Å². The SMILES string of the molecule is Cc1ccc(Br)cc1CN(C)C(=O)CCN. The van der Waals surface area contributed by atoms with Gasteiger partial charge in [0.05, 0.1) is 0 Å². The largest absolute Gasteiger partial charge is 0.341 e. The van der Waals surface area contributed by atoms with E-state index in [1.165, 1.54) is 5.56 Å². The number of rotatable bonds is 4. The Hall–Kier alpha value is -0.870. The molecule has 0 unspecified atom stereocenters. The molecule has 0 aliphatic rings. The van der Waals surface area contributed by atoms with Gasteiger partial charge in [0.15, 0.2) is 0 Å². The summed E-state index contributed by atoms with van der Waals surface area (Å²) in [7, 11) is 1.80. The molecular formula is C12H17BrN2O. The van der Waals surface area contributed by atoms with Gasteiger partial charge in [-0.3, -0.25) is 4.79 Å². The topological polar surface area (TPSA) is 46.3 Å². The zero-order valence-corrected chi connectivity index (χ0v) is 11.3. The summed E-state index contributed by atoms with van der Waals surface area (Å²) in [6, 6.07) is 6.09. The van der Waals surface area contributed by atoms with E-state index in [9.17, 15) is 4.79 Å². The number of carbonyl (C=O) groups is 1. The van der Waals surface area contributed by atoms with Crippen LogP contribution in [0, 0.1) is 6.92 Å². The summed E-state index contributed by atoms with van der Waals surface area (Å²) in [4.78, 5) is 13.3. The number of halogens is 1. The Morgan fingerprint density at radius 1 is 1.50 bits per heavy atom. The van der Waals surface area contributed by atoms with Crippen molar-refractivity contribution in [2.45, 2.75) is 19.9 Å². The Morgan fingerprint density at radius 2 is 2.19 bits per heavy atom. The standard InChI is InChI=1S/C12H17BrN2O/c1-9-3-4-11(13)7-10(9)8-15(2)12(16)5-6-14/h3-4,7H,5-6,8,14H2,1-2H3. The average Bonchev–Trinajstić information content (AvgIpc) is 2.23. The molecule has 0 aromatic heterocycles. The highest BCUT2D eigenvalue weighted by atomic mass is 79.9. The molecule has 0 saturated carbocycles. The van der Waals surface area contributed by atoms with E-state index in [2.05, 4.69) is 15.9 Å². The zero-order valence-electron chi connectivity index (χ0n) is 9.66. The Kier molecular flexibility index (Phi) is 4.96. The van der Waals surface area contributed by atoms with E-state index in [1.807, 2.05) is 25.1 Å². The fraction of sp³-hybridized carbons (Fsp3) is 0.417. The Bertz CT molecular complexity index is 379. The van der Waals surface area contributed by atoms with Gasteiger partial charge in [-0.1, -0.05) is 22.0 Å². The minimum absolute atomic E-state index is 0.0851. The molecule has 4 heteroatoms. The summed E-state index contributed by atoms with van der Waals surface area (Å²) in [6.07, 6.45) is 0.406. The highest BCUT2D eigenvalue weighted by Gasteiger charge is 2.09. The van der Waals surface area contributed by atoms with Gasteiger partial charge in [-0.25, -0.2) is 0 Å². The monoisotopic (exact) mass is 284 g/mol. The molecule has 0 atom stereocenters. The third-order valence-electron chi connectivity index (χ3n) is 2.50. The van der Waals surface area contributed by atoms with Gasteiger partial charge in [-0.15, -0.1) is 0 Å². The molecule has 1 amide bonds. The molecular weight excluding hydrogens is 268 g/mol. The van der Waals surface area contributed by atoms with Crippen LogP contribution < -0.4 is 5.73 Å². The smallest absolute Gasteiger partial charge is 0.223 e. The number of amides is 1. The van der Waals surface area contributed by atoms with Crippen LogP contribution in [0.1, 0.15) is 17.5 Å². The highest BCUT2D eigenvalue weighted by Crippen LogP contribution is 2.17. The van der Waals surface area contributed by atoms with Gasteiger partial charge in [-0.2, -0.15) is 0 Å². The minimum atomic E-state index is 0.0851. The maximum absolute atomic E-state index is 11.6. The van der Waals surface area contributed by atoms with Crippen LogP contribution in [0.15, 0.2) is 22.7 Å². The van der Waals surface area contributed by atoms with E-state index in [-0.39, 0.29) is 5.91 Å². The maximum atomic E-state index is 11.6. The fourth-order valence-electron chi connectivity index (χ4n) is 1.47. The number of benzene rings is 1. The zero-order chi connectivity index (χ0) is 12.1. The third-order valence-corrected chi connectivity index (χ3v) is 3.00. The summed E-state index contributed by atoms with van der Waals surface area (Å²) in [6.45, 7) is 3.08. The molecule has 0 bridgehead atoms. The second-order valence-corrected chi connectivity index (χ2v) is 4.77. The maximum Gasteiger partial charge on any atom is 0.223 e. The molecule has 0 aliphatic heterocycles. The fourth-order valence-corrected chi connectivity index (χ4v) is 1.88. The summed E-state index contributed by atoms with van der Waals surface area (Å²) in [5.41, 5.74) is 7.70. The number of carbonyl (C=O) groups excluding carboxylic acids is 1. The van der Waals surface area contributed by atoms with Crippen LogP contribution in [-0.2, 0) is 11.3 Å². The van der Waals surface area contributed by atoms with Crippen LogP contribution in [0.4, 0.5) is 0 Å². The Labute approximate surface area is 105 Å². The van der Waals surface area contributed by atoms with Crippen molar-refractivity contribution in [3.63, 3.8) is 0 Å². The molecule has 1 aromatic rings. The van der Waals surface area contributed by atoms with Crippen molar-refractivity contribution in [2.24, 2.45) is 5.73 Å². The number of nitrogens with zero attached hydrogens (tertiary/aromatic N) is 1. The third kappa shape index (κ3) is 3.61. The first-order valence-electron chi connectivity index (χ1n) is 5.23. The second-order valence-electron chi connectivity index (χ2n) is 3.86. The summed E-state index contributed by atoms with van der Waals surface area (Å²) >= 11 is 3.43. The summed E-state index contributed by atoms with van der Waals surface area (Å²) in [5.74, 6) is 0.0851. The molecule has 0 fully saturated rings. The lowest BCUT2D eigenvalue weighted by atomic mass is 10.1. The average molecular weight is 285 g/mol. The van der Waals surface area contributed by atoms with Crippen molar-refractivity contribution in [3.8, 4) is 0 Å². The highest BCUT2D eigenvalue weighted by molar-refractivity contribution is 9.10. The molecule has 2 N–H and O–H groups in total. The van der Waals surface area contributed by atoms with E-state index in [1.54, 1.807) is 11.9 Å². The molecule has 88 valence electrons. The molecule has 0 saturated heterocycles. The van der Waals surface area contributed by atoms with Crippen molar-refractivity contribution >= 4 is 21.8 Å². The van der Waals surface area contributed by atoms with E-state index in [0.29, 0.717) is 19.5 Å². The number of aryl methyl sites for hydroxylation is 1. The number of hydrogen-bond acceptors (Lipinski definition) is 2. The summed E-state index contributed by atoms with van der Waals surface area (Å²) in [5, 5.41) is 0. The first-order valence-corrected chi connectivity index (χ1v) is 6.03. The molecule has 0 radical (unpaired) electrons. The Balaban J connectivity index is 2.72. The van der Waals surface area contributed by atoms with Gasteiger partial charge in [0, 0.05) is 31.0 Å². The lowest BCUT2D eigenvalue weighted by molar-refractivity contribution is -0.130. The van der Waals surface area contributed by atoms with E-state index >= 15 is 0 Å². The Morgan fingerprint density at radius 3 is 2.81 bits per heavy atom. The van der Waals surface area contributed by atoms with Crippen LogP contribution in [0.25, 0.3) is 0 Å². The molecule has 0 heterocycles. The quantitative estimate of drug-likeness (QED) is 0.920. The molecule has 1 rings (SSSR count). The van der Waals surface area contributed by atoms with Crippen molar-refractivity contribution < 1.29 is 4.79 Å². The van der Waals surface area contributed by atoms with E-state index < -0.39 is 0 Å². The van der Waals surface area contributed by atoms with Gasteiger partial charge in [0.25, 0.3) is 0 Å². The molecule has 3 nitrogen and oxygen atoms in total. The number of hydrogen-bond donors (Lipinski definition) is 1. The van der Waals surface area contributed by atoms with Crippen molar-refractivity contribution in [3.05, 3.63) is 33.8 Å². The van der Waals surface area contributed by atoms with Crippen molar-refractivity contribution in [1.29, 1.82) is 0 Å². The molecule has 0 spiro atoms. The van der Waals surface area contributed by atoms with Crippen LogP contribution in [-0.4, -0.2) is 24.4 Å². The van der Waals surface area contributed by atoms with Gasteiger partial charge < -0.3 is 10.6 Å². The van der Waals surface area contributed by atoms with E-state index in [0.717, 1.165) is 10.0 Å². The van der Waals surface area contributed by atoms with E-state index in [4.69, 9.17) is 5.73 Å².